The second kappa shape index (κ2) is 9.20. The number of hydrogen-bond acceptors (Lipinski definition) is 5. The van der Waals surface area contributed by atoms with E-state index in [0.717, 1.165) is 11.1 Å². The van der Waals surface area contributed by atoms with E-state index in [1.165, 1.54) is 0 Å². The molecular formula is C22H32N2O5. The van der Waals surface area contributed by atoms with Crippen molar-refractivity contribution in [2.75, 3.05) is 34.4 Å². The van der Waals surface area contributed by atoms with E-state index in [1.807, 2.05) is 39.0 Å². The van der Waals surface area contributed by atoms with Crippen LogP contribution in [0, 0.1) is 5.41 Å². The third-order valence-electron chi connectivity index (χ3n) is 4.96. The minimum absolute atomic E-state index is 0.0911. The van der Waals surface area contributed by atoms with Gasteiger partial charge in [-0.3, -0.25) is 9.59 Å². The standard InChI is InChI=1S/C22H32N2O5/c1-14(23-21(26)22(2,3)4)20(25)24-10-8-15(9-11-24)19-17(28-6)12-16(27-5)13-18(19)29-7/h8,12-14H,9-11H2,1-7H3,(H,23,26). The van der Waals surface area contributed by atoms with Gasteiger partial charge in [-0.25, -0.2) is 0 Å². The number of rotatable bonds is 6. The number of amides is 2. The first-order chi connectivity index (χ1) is 13.6. The van der Waals surface area contributed by atoms with E-state index in [-0.39, 0.29) is 11.8 Å². The molecule has 1 aromatic rings. The van der Waals surface area contributed by atoms with Crippen molar-refractivity contribution in [1.82, 2.24) is 10.2 Å². The molecule has 0 aromatic heterocycles. The highest BCUT2D eigenvalue weighted by atomic mass is 16.5. The molecule has 0 bridgehead atoms. The lowest BCUT2D eigenvalue weighted by atomic mass is 9.95. The molecule has 1 aliphatic heterocycles. The summed E-state index contributed by atoms with van der Waals surface area (Å²) in [5.41, 5.74) is 1.39. The van der Waals surface area contributed by atoms with Crippen molar-refractivity contribution < 1.29 is 23.8 Å². The van der Waals surface area contributed by atoms with Crippen LogP contribution in [0.15, 0.2) is 18.2 Å². The van der Waals surface area contributed by atoms with Gasteiger partial charge in [-0.1, -0.05) is 26.8 Å². The highest BCUT2D eigenvalue weighted by Gasteiger charge is 2.29. The number of benzene rings is 1. The molecule has 0 fully saturated rings. The second-order valence-corrected chi connectivity index (χ2v) is 8.12. The van der Waals surface area contributed by atoms with Crippen LogP contribution in [-0.2, 0) is 9.59 Å². The van der Waals surface area contributed by atoms with Crippen LogP contribution in [0.1, 0.15) is 39.7 Å². The lowest BCUT2D eigenvalue weighted by molar-refractivity contribution is -0.137. The molecule has 1 heterocycles. The molecule has 7 heteroatoms. The number of nitrogens with one attached hydrogen (secondary N) is 1. The van der Waals surface area contributed by atoms with Gasteiger partial charge in [0.2, 0.25) is 11.8 Å². The Morgan fingerprint density at radius 2 is 1.66 bits per heavy atom. The highest BCUT2D eigenvalue weighted by molar-refractivity contribution is 5.90. The van der Waals surface area contributed by atoms with Gasteiger partial charge in [-0.2, -0.15) is 0 Å². The van der Waals surface area contributed by atoms with E-state index in [0.29, 0.717) is 36.8 Å². The summed E-state index contributed by atoms with van der Waals surface area (Å²) in [7, 11) is 4.81. The van der Waals surface area contributed by atoms with Gasteiger partial charge in [-0.15, -0.1) is 0 Å². The Balaban J connectivity index is 2.17. The molecular weight excluding hydrogens is 372 g/mol. The fourth-order valence-electron chi connectivity index (χ4n) is 3.17. The Bertz CT molecular complexity index is 770. The summed E-state index contributed by atoms with van der Waals surface area (Å²) in [6.07, 6.45) is 2.66. The van der Waals surface area contributed by atoms with Gasteiger partial charge in [0.1, 0.15) is 23.3 Å². The van der Waals surface area contributed by atoms with Crippen molar-refractivity contribution in [1.29, 1.82) is 0 Å². The van der Waals surface area contributed by atoms with Crippen LogP contribution < -0.4 is 19.5 Å². The van der Waals surface area contributed by atoms with Crippen LogP contribution in [0.3, 0.4) is 0 Å². The van der Waals surface area contributed by atoms with Crippen LogP contribution in [0.5, 0.6) is 17.2 Å². The van der Waals surface area contributed by atoms with Gasteiger partial charge in [-0.05, 0) is 18.9 Å². The number of carbonyl (C=O) groups is 2. The fourth-order valence-corrected chi connectivity index (χ4v) is 3.17. The Morgan fingerprint density at radius 1 is 1.07 bits per heavy atom. The number of nitrogens with zero attached hydrogens (tertiary/aromatic N) is 1. The van der Waals surface area contributed by atoms with E-state index in [9.17, 15) is 9.59 Å². The third-order valence-corrected chi connectivity index (χ3v) is 4.96. The first-order valence-electron chi connectivity index (χ1n) is 9.71. The largest absolute Gasteiger partial charge is 0.496 e. The number of carbonyl (C=O) groups excluding carboxylic acids is 2. The molecule has 29 heavy (non-hydrogen) atoms. The lowest BCUT2D eigenvalue weighted by Gasteiger charge is -2.31. The van der Waals surface area contributed by atoms with Gasteiger partial charge in [0.15, 0.2) is 0 Å². The molecule has 0 saturated carbocycles. The summed E-state index contributed by atoms with van der Waals surface area (Å²) >= 11 is 0. The SMILES string of the molecule is COc1cc(OC)c(C2=CCN(C(=O)C(C)NC(=O)C(C)(C)C)CC2)c(OC)c1. The Kier molecular flexibility index (Phi) is 7.16. The van der Waals surface area contributed by atoms with Crippen molar-refractivity contribution in [2.45, 2.75) is 40.2 Å². The molecule has 1 unspecified atom stereocenters. The molecule has 2 amide bonds. The van der Waals surface area contributed by atoms with Gasteiger partial charge < -0.3 is 24.4 Å². The third kappa shape index (κ3) is 5.22. The molecule has 160 valence electrons. The Labute approximate surface area is 173 Å². The smallest absolute Gasteiger partial charge is 0.245 e. The number of hydrogen-bond donors (Lipinski definition) is 1. The second-order valence-electron chi connectivity index (χ2n) is 8.12. The maximum Gasteiger partial charge on any atom is 0.245 e. The van der Waals surface area contributed by atoms with Gasteiger partial charge in [0.25, 0.3) is 0 Å². The summed E-state index contributed by atoms with van der Waals surface area (Å²) in [5.74, 6) is 1.75. The predicted molar refractivity (Wildman–Crippen MR) is 112 cm³/mol. The van der Waals surface area contributed by atoms with E-state index >= 15 is 0 Å². The predicted octanol–water partition coefficient (Wildman–Crippen LogP) is 2.88. The maximum atomic E-state index is 12.7. The van der Waals surface area contributed by atoms with Crippen LogP contribution >= 0.6 is 0 Å². The van der Waals surface area contributed by atoms with Crippen molar-refractivity contribution in [3.63, 3.8) is 0 Å². The average molecular weight is 405 g/mol. The molecule has 1 aromatic carbocycles. The zero-order chi connectivity index (χ0) is 21.8. The van der Waals surface area contributed by atoms with E-state index < -0.39 is 11.5 Å². The minimum Gasteiger partial charge on any atom is -0.496 e. The fraction of sp³-hybridized carbons (Fsp3) is 0.545. The molecule has 1 N–H and O–H groups in total. The molecule has 7 nitrogen and oxygen atoms in total. The molecule has 0 saturated heterocycles. The van der Waals surface area contributed by atoms with Crippen molar-refractivity contribution in [3.05, 3.63) is 23.8 Å². The van der Waals surface area contributed by atoms with Crippen LogP contribution in [0.25, 0.3) is 5.57 Å². The summed E-state index contributed by atoms with van der Waals surface area (Å²) in [6, 6.07) is 3.07. The van der Waals surface area contributed by atoms with E-state index in [4.69, 9.17) is 14.2 Å². The van der Waals surface area contributed by atoms with Gasteiger partial charge >= 0.3 is 0 Å². The maximum absolute atomic E-state index is 12.7. The normalized spacial score (nSPS) is 15.3. The zero-order valence-electron chi connectivity index (χ0n) is 18.4. The molecule has 0 radical (unpaired) electrons. The zero-order valence-corrected chi connectivity index (χ0v) is 18.4. The summed E-state index contributed by atoms with van der Waals surface area (Å²) in [5, 5.41) is 2.80. The van der Waals surface area contributed by atoms with Crippen LogP contribution in [0.4, 0.5) is 0 Å². The summed E-state index contributed by atoms with van der Waals surface area (Å²) in [4.78, 5) is 26.7. The molecule has 2 rings (SSSR count). The molecule has 0 spiro atoms. The van der Waals surface area contributed by atoms with Crippen LogP contribution in [-0.4, -0.2) is 57.2 Å². The minimum atomic E-state index is -0.568. The molecule has 0 aliphatic carbocycles. The van der Waals surface area contributed by atoms with E-state index in [2.05, 4.69) is 5.32 Å². The molecule has 1 aliphatic rings. The first kappa shape index (κ1) is 22.6. The topological polar surface area (TPSA) is 77.1 Å². The summed E-state index contributed by atoms with van der Waals surface area (Å²) in [6.45, 7) is 8.21. The Morgan fingerprint density at radius 3 is 2.07 bits per heavy atom. The number of methoxy groups -OCH3 is 3. The van der Waals surface area contributed by atoms with Crippen molar-refractivity contribution in [3.8, 4) is 17.2 Å². The van der Waals surface area contributed by atoms with E-state index in [1.54, 1.807) is 33.2 Å². The van der Waals surface area contributed by atoms with Gasteiger partial charge in [0.05, 0.1) is 26.9 Å². The van der Waals surface area contributed by atoms with Crippen LogP contribution in [0.2, 0.25) is 0 Å². The van der Waals surface area contributed by atoms with Crippen molar-refractivity contribution >= 4 is 17.4 Å². The quantitative estimate of drug-likeness (QED) is 0.789. The van der Waals surface area contributed by atoms with Crippen molar-refractivity contribution in [2.24, 2.45) is 5.41 Å². The monoisotopic (exact) mass is 404 g/mol. The lowest BCUT2D eigenvalue weighted by Crippen LogP contribution is -2.50. The number of ether oxygens (including phenoxy) is 3. The average Bonchev–Trinajstić information content (AvgIpc) is 2.71. The molecule has 1 atom stereocenters. The summed E-state index contributed by atoms with van der Waals surface area (Å²) < 4.78 is 16.4. The van der Waals surface area contributed by atoms with Gasteiger partial charge in [0, 0.05) is 30.6 Å². The Hall–Kier alpha value is -2.70. The first-order valence-corrected chi connectivity index (χ1v) is 9.71. The highest BCUT2D eigenvalue weighted by Crippen LogP contribution is 2.40.